The topological polar surface area (TPSA) is 15.3 Å². The molecule has 80 valence electrons. The number of hydrogen-bond acceptors (Lipinski definition) is 2. The van der Waals surface area contributed by atoms with Crippen molar-refractivity contribution >= 4 is 0 Å². The van der Waals surface area contributed by atoms with E-state index < -0.39 is 0 Å². The average Bonchev–Trinajstić information content (AvgIpc) is 2.67. The molecule has 0 bridgehead atoms. The maximum Gasteiger partial charge on any atom is 0.0710 e. The van der Waals surface area contributed by atoms with Crippen LogP contribution in [0.2, 0.25) is 0 Å². The van der Waals surface area contributed by atoms with Crippen LogP contribution in [0.3, 0.4) is 0 Å². The molecule has 1 aromatic carbocycles. The molecule has 0 amide bonds. The summed E-state index contributed by atoms with van der Waals surface area (Å²) in [4.78, 5) is 0. The molecule has 2 nitrogen and oxygen atoms in total. The third-order valence-corrected chi connectivity index (χ3v) is 2.63. The van der Waals surface area contributed by atoms with Crippen LogP contribution >= 0.6 is 0 Å². The number of aryl methyl sites for hydroxylation is 1. The Kier molecular flexibility index (Phi) is 3.07. The molecule has 2 rings (SSSR count). The van der Waals surface area contributed by atoms with Crippen molar-refractivity contribution in [3.63, 3.8) is 0 Å². The van der Waals surface area contributed by atoms with Gasteiger partial charge in [-0.25, -0.2) is 5.43 Å². The Hall–Kier alpha value is -1.28. The van der Waals surface area contributed by atoms with Crippen molar-refractivity contribution in [3.05, 3.63) is 47.7 Å². The third-order valence-electron chi connectivity index (χ3n) is 2.63. The Balaban J connectivity index is 2.05. The van der Waals surface area contributed by atoms with Crippen LogP contribution in [0.4, 0.5) is 0 Å². The Morgan fingerprint density at radius 1 is 1.40 bits per heavy atom. The lowest BCUT2D eigenvalue weighted by Gasteiger charge is -2.19. The lowest BCUT2D eigenvalue weighted by molar-refractivity contribution is 0.276. The van der Waals surface area contributed by atoms with E-state index in [2.05, 4.69) is 60.8 Å². The van der Waals surface area contributed by atoms with Crippen molar-refractivity contribution in [1.82, 2.24) is 10.4 Å². The van der Waals surface area contributed by atoms with E-state index in [1.54, 1.807) is 0 Å². The van der Waals surface area contributed by atoms with Gasteiger partial charge >= 0.3 is 0 Å². The van der Waals surface area contributed by atoms with Gasteiger partial charge in [-0.15, -0.1) is 0 Å². The molecule has 1 heterocycles. The first kappa shape index (κ1) is 10.2. The largest absolute Gasteiger partial charge is 0.315 e. The standard InChI is InChI=1S/C13H18N2/c1-3-8-15-9-7-13(14-15)12-6-4-5-11(2)10-12/h4-7,9-10,13-14H,3,8H2,1-2H3. The molecular weight excluding hydrogens is 184 g/mol. The summed E-state index contributed by atoms with van der Waals surface area (Å²) in [7, 11) is 0. The highest BCUT2D eigenvalue weighted by Gasteiger charge is 2.15. The Morgan fingerprint density at radius 3 is 3.00 bits per heavy atom. The van der Waals surface area contributed by atoms with E-state index >= 15 is 0 Å². The van der Waals surface area contributed by atoms with Crippen LogP contribution in [0.25, 0.3) is 0 Å². The second kappa shape index (κ2) is 4.49. The van der Waals surface area contributed by atoms with E-state index in [4.69, 9.17) is 0 Å². The predicted octanol–water partition coefficient (Wildman–Crippen LogP) is 2.78. The summed E-state index contributed by atoms with van der Waals surface area (Å²) >= 11 is 0. The molecule has 0 saturated heterocycles. The van der Waals surface area contributed by atoms with E-state index in [1.165, 1.54) is 11.1 Å². The van der Waals surface area contributed by atoms with Crippen molar-refractivity contribution < 1.29 is 0 Å². The zero-order valence-electron chi connectivity index (χ0n) is 9.40. The SMILES string of the molecule is CCCN1C=CC(c2cccc(C)c2)N1. The lowest BCUT2D eigenvalue weighted by atomic mass is 10.1. The van der Waals surface area contributed by atoms with Gasteiger partial charge in [-0.3, -0.25) is 0 Å². The van der Waals surface area contributed by atoms with Crippen LogP contribution in [0.1, 0.15) is 30.5 Å². The van der Waals surface area contributed by atoms with E-state index in [-0.39, 0.29) is 0 Å². The van der Waals surface area contributed by atoms with E-state index in [9.17, 15) is 0 Å². The normalized spacial score (nSPS) is 19.9. The predicted molar refractivity (Wildman–Crippen MR) is 63.2 cm³/mol. The third kappa shape index (κ3) is 2.39. The second-order valence-electron chi connectivity index (χ2n) is 4.06. The average molecular weight is 202 g/mol. The summed E-state index contributed by atoms with van der Waals surface area (Å²) in [6.07, 6.45) is 5.51. The fraction of sp³-hybridized carbons (Fsp3) is 0.385. The minimum Gasteiger partial charge on any atom is -0.315 e. The summed E-state index contributed by atoms with van der Waals surface area (Å²) in [5.41, 5.74) is 6.11. The van der Waals surface area contributed by atoms with Crippen LogP contribution in [-0.4, -0.2) is 11.6 Å². The molecule has 1 aliphatic rings. The van der Waals surface area contributed by atoms with Gasteiger partial charge in [0.25, 0.3) is 0 Å². The van der Waals surface area contributed by atoms with Crippen LogP contribution in [0.5, 0.6) is 0 Å². The molecule has 1 N–H and O–H groups in total. The quantitative estimate of drug-likeness (QED) is 0.810. The van der Waals surface area contributed by atoms with Crippen molar-refractivity contribution in [1.29, 1.82) is 0 Å². The molecule has 0 aromatic heterocycles. The molecule has 1 unspecified atom stereocenters. The molecule has 1 aliphatic heterocycles. The van der Waals surface area contributed by atoms with Gasteiger partial charge in [0, 0.05) is 12.7 Å². The number of benzene rings is 1. The molecular formula is C13H18N2. The van der Waals surface area contributed by atoms with Crippen molar-refractivity contribution in [2.24, 2.45) is 0 Å². The summed E-state index contributed by atoms with van der Waals surface area (Å²) < 4.78 is 0. The van der Waals surface area contributed by atoms with Gasteiger partial charge < -0.3 is 5.01 Å². The summed E-state index contributed by atoms with van der Waals surface area (Å²) in [6.45, 7) is 5.39. The first-order valence-corrected chi connectivity index (χ1v) is 5.57. The molecule has 0 radical (unpaired) electrons. The number of hydrazine groups is 1. The van der Waals surface area contributed by atoms with Gasteiger partial charge in [0.15, 0.2) is 0 Å². The highest BCUT2D eigenvalue weighted by molar-refractivity contribution is 5.28. The Morgan fingerprint density at radius 2 is 2.27 bits per heavy atom. The molecule has 1 atom stereocenters. The Bertz CT molecular complexity index is 357. The van der Waals surface area contributed by atoms with Gasteiger partial charge in [0.05, 0.1) is 6.04 Å². The molecule has 0 fully saturated rings. The van der Waals surface area contributed by atoms with E-state index in [0.717, 1.165) is 13.0 Å². The van der Waals surface area contributed by atoms with Gasteiger partial charge in [0.1, 0.15) is 0 Å². The van der Waals surface area contributed by atoms with Gasteiger partial charge in [0.2, 0.25) is 0 Å². The molecule has 1 aromatic rings. The minimum atomic E-state index is 0.344. The highest BCUT2D eigenvalue weighted by Crippen LogP contribution is 2.20. The number of hydrogen-bond donors (Lipinski definition) is 1. The lowest BCUT2D eigenvalue weighted by Crippen LogP contribution is -2.31. The maximum atomic E-state index is 3.46. The maximum absolute atomic E-state index is 3.46. The summed E-state index contributed by atoms with van der Waals surface area (Å²) in [5, 5.41) is 2.16. The fourth-order valence-corrected chi connectivity index (χ4v) is 1.88. The zero-order chi connectivity index (χ0) is 10.7. The van der Waals surface area contributed by atoms with Crippen molar-refractivity contribution in [2.75, 3.05) is 6.54 Å². The first-order chi connectivity index (χ1) is 7.29. The van der Waals surface area contributed by atoms with Crippen LogP contribution in [0.15, 0.2) is 36.5 Å². The monoisotopic (exact) mass is 202 g/mol. The molecule has 2 heteroatoms. The van der Waals surface area contributed by atoms with Crippen LogP contribution in [0, 0.1) is 6.92 Å². The van der Waals surface area contributed by atoms with Crippen molar-refractivity contribution in [2.45, 2.75) is 26.3 Å². The van der Waals surface area contributed by atoms with Crippen LogP contribution in [-0.2, 0) is 0 Å². The second-order valence-corrected chi connectivity index (χ2v) is 4.06. The van der Waals surface area contributed by atoms with Gasteiger partial charge in [-0.05, 0) is 25.0 Å². The van der Waals surface area contributed by atoms with Crippen molar-refractivity contribution in [3.8, 4) is 0 Å². The molecule has 0 saturated carbocycles. The summed E-state index contributed by atoms with van der Waals surface area (Å²) in [5.74, 6) is 0. The van der Waals surface area contributed by atoms with E-state index in [1.807, 2.05) is 0 Å². The smallest absolute Gasteiger partial charge is 0.0710 e. The summed E-state index contributed by atoms with van der Waals surface area (Å²) in [6, 6.07) is 8.99. The minimum absolute atomic E-state index is 0.344. The fourth-order valence-electron chi connectivity index (χ4n) is 1.88. The van der Waals surface area contributed by atoms with Crippen LogP contribution < -0.4 is 5.43 Å². The zero-order valence-corrected chi connectivity index (χ0v) is 9.40. The number of rotatable bonds is 3. The Labute approximate surface area is 91.6 Å². The number of nitrogens with zero attached hydrogens (tertiary/aromatic N) is 1. The van der Waals surface area contributed by atoms with Gasteiger partial charge in [-0.2, -0.15) is 0 Å². The number of nitrogens with one attached hydrogen (secondary N) is 1. The highest BCUT2D eigenvalue weighted by atomic mass is 15.5. The molecule has 0 spiro atoms. The molecule has 0 aliphatic carbocycles. The van der Waals surface area contributed by atoms with Gasteiger partial charge in [-0.1, -0.05) is 36.8 Å². The molecule has 15 heavy (non-hydrogen) atoms. The first-order valence-electron chi connectivity index (χ1n) is 5.57. The van der Waals surface area contributed by atoms with E-state index in [0.29, 0.717) is 6.04 Å².